The predicted molar refractivity (Wildman–Crippen MR) is 116 cm³/mol. The van der Waals surface area contributed by atoms with Gasteiger partial charge in [0, 0.05) is 46.4 Å². The lowest BCUT2D eigenvalue weighted by atomic mass is 10.2. The Labute approximate surface area is 179 Å². The summed E-state index contributed by atoms with van der Waals surface area (Å²) in [6.45, 7) is 8.24. The molecule has 1 aromatic rings. The molecule has 166 valence electrons. The number of amides is 1. The first-order chi connectivity index (χ1) is 14.7. The van der Waals surface area contributed by atoms with E-state index < -0.39 is 0 Å². The van der Waals surface area contributed by atoms with Crippen LogP contribution in [0.5, 0.6) is 5.75 Å². The zero-order chi connectivity index (χ0) is 21.2. The molecule has 8 heteroatoms. The van der Waals surface area contributed by atoms with E-state index in [2.05, 4.69) is 17.1 Å². The fourth-order valence-corrected chi connectivity index (χ4v) is 3.64. The van der Waals surface area contributed by atoms with Crippen LogP contribution in [-0.2, 0) is 20.8 Å². The number of methoxy groups -OCH3 is 1. The number of hydrogen-bond acceptors (Lipinski definition) is 5. The topological polar surface area (TPSA) is 75.6 Å². The molecule has 3 rings (SSSR count). The van der Waals surface area contributed by atoms with Gasteiger partial charge in [-0.2, -0.15) is 0 Å². The summed E-state index contributed by atoms with van der Waals surface area (Å²) in [5, 5.41) is 3.38. The molecule has 1 aromatic carbocycles. The van der Waals surface area contributed by atoms with E-state index >= 15 is 0 Å². The SMILES string of the molecule is CCNC(=NCc1ccc(OCCOC)cc1)N1CCN(C(=O)C2CCCO2)CC1. The molecular formula is C22H34N4O4. The molecule has 0 radical (unpaired) electrons. The molecule has 0 spiro atoms. The van der Waals surface area contributed by atoms with Crippen LogP contribution < -0.4 is 10.1 Å². The summed E-state index contributed by atoms with van der Waals surface area (Å²) in [6, 6.07) is 7.99. The molecule has 0 saturated carbocycles. The number of carbonyl (C=O) groups is 1. The first-order valence-corrected chi connectivity index (χ1v) is 10.9. The van der Waals surface area contributed by atoms with Crippen molar-refractivity contribution in [2.24, 2.45) is 4.99 Å². The van der Waals surface area contributed by atoms with Crippen LogP contribution in [0.1, 0.15) is 25.3 Å². The van der Waals surface area contributed by atoms with E-state index in [-0.39, 0.29) is 12.0 Å². The number of ether oxygens (including phenoxy) is 3. The van der Waals surface area contributed by atoms with E-state index in [1.807, 2.05) is 29.2 Å². The van der Waals surface area contributed by atoms with Gasteiger partial charge in [-0.15, -0.1) is 0 Å². The first-order valence-electron chi connectivity index (χ1n) is 10.9. The summed E-state index contributed by atoms with van der Waals surface area (Å²) in [4.78, 5) is 21.5. The third-order valence-electron chi connectivity index (χ3n) is 5.32. The summed E-state index contributed by atoms with van der Waals surface area (Å²) in [5.74, 6) is 1.86. The van der Waals surface area contributed by atoms with Crippen molar-refractivity contribution in [3.63, 3.8) is 0 Å². The van der Waals surface area contributed by atoms with E-state index in [0.29, 0.717) is 39.5 Å². The number of carbonyl (C=O) groups excluding carboxylic acids is 1. The largest absolute Gasteiger partial charge is 0.491 e. The second kappa shape index (κ2) is 11.8. The van der Waals surface area contributed by atoms with Gasteiger partial charge in [0.15, 0.2) is 5.96 Å². The Bertz CT molecular complexity index is 681. The molecule has 2 heterocycles. The maximum Gasteiger partial charge on any atom is 0.251 e. The third-order valence-corrected chi connectivity index (χ3v) is 5.32. The summed E-state index contributed by atoms with van der Waals surface area (Å²) < 4.78 is 16.1. The van der Waals surface area contributed by atoms with Gasteiger partial charge in [0.1, 0.15) is 18.5 Å². The van der Waals surface area contributed by atoms with E-state index in [0.717, 1.165) is 49.7 Å². The molecule has 1 unspecified atom stereocenters. The number of benzene rings is 1. The van der Waals surface area contributed by atoms with E-state index in [4.69, 9.17) is 19.2 Å². The zero-order valence-electron chi connectivity index (χ0n) is 18.1. The average molecular weight is 419 g/mol. The maximum atomic E-state index is 12.5. The number of hydrogen-bond donors (Lipinski definition) is 1. The number of piperazine rings is 1. The van der Waals surface area contributed by atoms with Gasteiger partial charge in [-0.25, -0.2) is 4.99 Å². The molecule has 1 atom stereocenters. The van der Waals surface area contributed by atoms with Crippen molar-refractivity contribution >= 4 is 11.9 Å². The number of nitrogens with zero attached hydrogens (tertiary/aromatic N) is 3. The first kappa shape index (κ1) is 22.4. The number of guanidine groups is 1. The molecule has 2 aliphatic rings. The Morgan fingerprint density at radius 3 is 2.53 bits per heavy atom. The normalized spacial score (nSPS) is 19.8. The Hall–Kier alpha value is -2.32. The fourth-order valence-electron chi connectivity index (χ4n) is 3.64. The Morgan fingerprint density at radius 2 is 1.90 bits per heavy atom. The fraction of sp³-hybridized carbons (Fsp3) is 0.636. The highest BCUT2D eigenvalue weighted by Crippen LogP contribution is 2.16. The minimum atomic E-state index is -0.236. The standard InChI is InChI=1S/C22H34N4O4/c1-3-23-22(24-17-18-6-8-19(9-7-18)29-16-15-28-2)26-12-10-25(11-13-26)21(27)20-5-4-14-30-20/h6-9,20H,3-5,10-17H2,1-2H3,(H,23,24). The Morgan fingerprint density at radius 1 is 1.17 bits per heavy atom. The van der Waals surface area contributed by atoms with Gasteiger partial charge in [-0.05, 0) is 37.5 Å². The van der Waals surface area contributed by atoms with Crippen molar-refractivity contribution in [1.29, 1.82) is 0 Å². The van der Waals surface area contributed by atoms with Crippen molar-refractivity contribution in [1.82, 2.24) is 15.1 Å². The van der Waals surface area contributed by atoms with Crippen LogP contribution in [0.25, 0.3) is 0 Å². The molecular weight excluding hydrogens is 384 g/mol. The van der Waals surface area contributed by atoms with Crippen LogP contribution in [-0.4, -0.2) is 87.4 Å². The molecule has 0 bridgehead atoms. The van der Waals surface area contributed by atoms with Gasteiger partial charge in [-0.1, -0.05) is 12.1 Å². The summed E-state index contributed by atoms with van der Waals surface area (Å²) >= 11 is 0. The van der Waals surface area contributed by atoms with Crippen molar-refractivity contribution in [2.45, 2.75) is 32.4 Å². The smallest absolute Gasteiger partial charge is 0.251 e. The third kappa shape index (κ3) is 6.34. The number of aliphatic imine (C=N–C) groups is 1. The molecule has 2 saturated heterocycles. The Balaban J connectivity index is 1.51. The monoisotopic (exact) mass is 418 g/mol. The van der Waals surface area contributed by atoms with Crippen LogP contribution in [0.2, 0.25) is 0 Å². The van der Waals surface area contributed by atoms with Gasteiger partial charge in [-0.3, -0.25) is 4.79 Å². The minimum absolute atomic E-state index is 0.141. The zero-order valence-corrected chi connectivity index (χ0v) is 18.1. The number of rotatable bonds is 8. The van der Waals surface area contributed by atoms with E-state index in [1.165, 1.54) is 0 Å². The molecule has 30 heavy (non-hydrogen) atoms. The molecule has 0 aromatic heterocycles. The van der Waals surface area contributed by atoms with Gasteiger partial charge in [0.2, 0.25) is 0 Å². The Kier molecular flexibility index (Phi) is 8.77. The van der Waals surface area contributed by atoms with Crippen LogP contribution in [0.15, 0.2) is 29.3 Å². The predicted octanol–water partition coefficient (Wildman–Crippen LogP) is 1.50. The average Bonchev–Trinajstić information content (AvgIpc) is 3.32. The van der Waals surface area contributed by atoms with Crippen molar-refractivity contribution < 1.29 is 19.0 Å². The lowest BCUT2D eigenvalue weighted by Crippen LogP contribution is -2.55. The summed E-state index contributed by atoms with van der Waals surface area (Å²) in [6.07, 6.45) is 1.59. The van der Waals surface area contributed by atoms with Gasteiger partial charge < -0.3 is 29.3 Å². The highest BCUT2D eigenvalue weighted by molar-refractivity contribution is 5.82. The van der Waals surface area contributed by atoms with Crippen LogP contribution in [0, 0.1) is 0 Å². The van der Waals surface area contributed by atoms with Crippen LogP contribution >= 0.6 is 0 Å². The van der Waals surface area contributed by atoms with Crippen LogP contribution in [0.3, 0.4) is 0 Å². The van der Waals surface area contributed by atoms with Crippen LogP contribution in [0.4, 0.5) is 0 Å². The van der Waals surface area contributed by atoms with Crippen molar-refractivity contribution in [3.8, 4) is 5.75 Å². The minimum Gasteiger partial charge on any atom is -0.491 e. The molecule has 0 aliphatic carbocycles. The quantitative estimate of drug-likeness (QED) is 0.392. The second-order valence-electron chi connectivity index (χ2n) is 7.47. The van der Waals surface area contributed by atoms with E-state index in [1.54, 1.807) is 7.11 Å². The lowest BCUT2D eigenvalue weighted by molar-refractivity contribution is -0.142. The molecule has 1 N–H and O–H groups in total. The second-order valence-corrected chi connectivity index (χ2v) is 7.47. The van der Waals surface area contributed by atoms with Gasteiger partial charge in [0.25, 0.3) is 5.91 Å². The highest BCUT2D eigenvalue weighted by Gasteiger charge is 2.30. The lowest BCUT2D eigenvalue weighted by Gasteiger charge is -2.37. The molecule has 1 amide bonds. The van der Waals surface area contributed by atoms with Gasteiger partial charge in [0.05, 0.1) is 13.2 Å². The van der Waals surface area contributed by atoms with E-state index in [9.17, 15) is 4.79 Å². The van der Waals surface area contributed by atoms with Crippen molar-refractivity contribution in [3.05, 3.63) is 29.8 Å². The molecule has 2 aliphatic heterocycles. The summed E-state index contributed by atoms with van der Waals surface area (Å²) in [5.41, 5.74) is 1.12. The number of nitrogens with one attached hydrogen (secondary N) is 1. The van der Waals surface area contributed by atoms with Crippen molar-refractivity contribution in [2.75, 3.05) is 59.7 Å². The molecule has 8 nitrogen and oxygen atoms in total. The maximum absolute atomic E-state index is 12.5. The highest BCUT2D eigenvalue weighted by atomic mass is 16.5. The molecule has 2 fully saturated rings. The van der Waals surface area contributed by atoms with Gasteiger partial charge >= 0.3 is 0 Å². The summed E-state index contributed by atoms with van der Waals surface area (Å²) in [7, 11) is 1.66.